The van der Waals surface area contributed by atoms with Crippen LogP contribution in [0, 0.1) is 5.92 Å². The molecule has 0 atom stereocenters. The first-order chi connectivity index (χ1) is 9.38. The Morgan fingerprint density at radius 3 is 2.55 bits per heavy atom. The summed E-state index contributed by atoms with van der Waals surface area (Å²) < 4.78 is 0. The van der Waals surface area contributed by atoms with E-state index in [2.05, 4.69) is 37.9 Å². The lowest BCUT2D eigenvalue weighted by Gasteiger charge is -2.33. The summed E-state index contributed by atoms with van der Waals surface area (Å²) in [5.74, 6) is 0.649. The zero-order valence-corrected chi connectivity index (χ0v) is 12.9. The second-order valence-corrected chi connectivity index (χ2v) is 6.26. The van der Waals surface area contributed by atoms with Crippen LogP contribution in [-0.2, 0) is 11.2 Å². The van der Waals surface area contributed by atoms with Crippen LogP contribution < -0.4 is 16.0 Å². The van der Waals surface area contributed by atoms with E-state index in [1.165, 1.54) is 0 Å². The number of nitrogens with one attached hydrogen (secondary N) is 1. The van der Waals surface area contributed by atoms with Crippen LogP contribution in [0.3, 0.4) is 0 Å². The average Bonchev–Trinajstić information content (AvgIpc) is 2.35. The second kappa shape index (κ2) is 5.73. The molecule has 20 heavy (non-hydrogen) atoms. The van der Waals surface area contributed by atoms with E-state index in [1.54, 1.807) is 0 Å². The number of nitrogen functional groups attached to an aromatic ring is 1. The summed E-state index contributed by atoms with van der Waals surface area (Å²) in [5.41, 5.74) is 10.1. The zero-order valence-electron chi connectivity index (χ0n) is 12.9. The van der Waals surface area contributed by atoms with Crippen molar-refractivity contribution in [2.75, 3.05) is 22.5 Å². The minimum absolute atomic E-state index is 0.0909. The van der Waals surface area contributed by atoms with Crippen LogP contribution in [0.1, 0.15) is 39.7 Å². The van der Waals surface area contributed by atoms with Gasteiger partial charge >= 0.3 is 0 Å². The van der Waals surface area contributed by atoms with Crippen LogP contribution in [0.2, 0.25) is 0 Å². The van der Waals surface area contributed by atoms with Gasteiger partial charge in [-0.15, -0.1) is 0 Å². The number of nitrogens with two attached hydrogens (primary N) is 1. The molecule has 3 N–H and O–H groups in total. The molecule has 1 aromatic carbocycles. The molecule has 2 rings (SSSR count). The van der Waals surface area contributed by atoms with Crippen LogP contribution in [0.25, 0.3) is 0 Å². The molecule has 0 aromatic heterocycles. The molecular weight excluding hydrogens is 250 g/mol. The Morgan fingerprint density at radius 2 is 1.95 bits per heavy atom. The second-order valence-electron chi connectivity index (χ2n) is 6.26. The fourth-order valence-electron chi connectivity index (χ4n) is 2.67. The third-order valence-electron chi connectivity index (χ3n) is 3.64. The molecule has 0 saturated heterocycles. The van der Waals surface area contributed by atoms with Crippen LogP contribution in [-0.4, -0.2) is 18.5 Å². The van der Waals surface area contributed by atoms with Gasteiger partial charge in [0.25, 0.3) is 0 Å². The molecule has 1 aliphatic heterocycles. The fourth-order valence-corrected chi connectivity index (χ4v) is 2.67. The number of rotatable bonds is 4. The fraction of sp³-hybridized carbons (Fsp3) is 0.562. The molecule has 1 aromatic rings. The van der Waals surface area contributed by atoms with Gasteiger partial charge in [0.05, 0.1) is 11.4 Å². The largest absolute Gasteiger partial charge is 0.397 e. The zero-order chi connectivity index (χ0) is 14.9. The Morgan fingerprint density at radius 1 is 1.25 bits per heavy atom. The van der Waals surface area contributed by atoms with Crippen LogP contribution in [0.4, 0.5) is 17.1 Å². The highest BCUT2D eigenvalue weighted by atomic mass is 16.1. The van der Waals surface area contributed by atoms with Gasteiger partial charge in [0.1, 0.15) is 0 Å². The van der Waals surface area contributed by atoms with Crippen LogP contribution in [0.5, 0.6) is 0 Å². The third kappa shape index (κ3) is 3.06. The summed E-state index contributed by atoms with van der Waals surface area (Å²) in [5, 5.41) is 2.95. The Bertz CT molecular complexity index is 509. The van der Waals surface area contributed by atoms with E-state index in [9.17, 15) is 4.79 Å². The lowest BCUT2D eigenvalue weighted by Crippen LogP contribution is -2.35. The number of benzene rings is 1. The van der Waals surface area contributed by atoms with Gasteiger partial charge in [-0.25, -0.2) is 0 Å². The molecule has 0 aliphatic carbocycles. The molecule has 0 unspecified atom stereocenters. The summed E-state index contributed by atoms with van der Waals surface area (Å²) in [6, 6.07) is 4.42. The van der Waals surface area contributed by atoms with Crippen LogP contribution >= 0.6 is 0 Å². The normalized spacial score (nSPS) is 14.4. The summed E-state index contributed by atoms with van der Waals surface area (Å²) in [4.78, 5) is 13.9. The van der Waals surface area contributed by atoms with Crippen molar-refractivity contribution in [2.24, 2.45) is 5.92 Å². The molecule has 1 amide bonds. The smallest absolute Gasteiger partial charge is 0.224 e. The number of carbonyl (C=O) groups is 1. The van der Waals surface area contributed by atoms with Gasteiger partial charge in [0, 0.05) is 24.7 Å². The predicted molar refractivity (Wildman–Crippen MR) is 85.1 cm³/mol. The number of hydrogen-bond donors (Lipinski definition) is 2. The molecule has 1 heterocycles. The van der Waals surface area contributed by atoms with E-state index in [0.717, 1.165) is 35.6 Å². The van der Waals surface area contributed by atoms with Crippen molar-refractivity contribution in [1.82, 2.24) is 0 Å². The number of aryl methyl sites for hydroxylation is 1. The third-order valence-corrected chi connectivity index (χ3v) is 3.64. The Labute approximate surface area is 121 Å². The molecule has 4 heteroatoms. The molecule has 0 saturated carbocycles. The monoisotopic (exact) mass is 275 g/mol. The quantitative estimate of drug-likeness (QED) is 0.830. The van der Waals surface area contributed by atoms with Crippen molar-refractivity contribution >= 4 is 23.0 Å². The first-order valence-electron chi connectivity index (χ1n) is 7.37. The van der Waals surface area contributed by atoms with Crippen molar-refractivity contribution in [3.8, 4) is 0 Å². The molecule has 4 nitrogen and oxygen atoms in total. The summed E-state index contributed by atoms with van der Waals surface area (Å²) >= 11 is 0. The van der Waals surface area contributed by atoms with Crippen molar-refractivity contribution < 1.29 is 4.79 Å². The highest BCUT2D eigenvalue weighted by molar-refractivity contribution is 5.95. The molecular formula is C16H25N3O. The van der Waals surface area contributed by atoms with Crippen molar-refractivity contribution in [1.29, 1.82) is 0 Å². The Balaban J connectivity index is 2.39. The minimum atomic E-state index is 0.0909. The lowest BCUT2D eigenvalue weighted by molar-refractivity contribution is -0.116. The summed E-state index contributed by atoms with van der Waals surface area (Å²) in [7, 11) is 0. The van der Waals surface area contributed by atoms with Crippen molar-refractivity contribution in [3.63, 3.8) is 0 Å². The SMILES string of the molecule is CC(C)CN(c1cc2c(cc1N)CCC(=O)N2)C(C)C. The first kappa shape index (κ1) is 14.7. The molecule has 110 valence electrons. The number of anilines is 3. The van der Waals surface area contributed by atoms with E-state index >= 15 is 0 Å². The molecule has 1 aliphatic rings. The molecule has 0 fully saturated rings. The number of carbonyl (C=O) groups excluding carboxylic acids is 1. The molecule has 0 spiro atoms. The lowest BCUT2D eigenvalue weighted by atomic mass is 10.00. The van der Waals surface area contributed by atoms with Gasteiger partial charge in [-0.05, 0) is 43.9 Å². The Kier molecular flexibility index (Phi) is 4.21. The predicted octanol–water partition coefficient (Wildman–Crippen LogP) is 3.02. The summed E-state index contributed by atoms with van der Waals surface area (Å²) in [6.45, 7) is 9.69. The van der Waals surface area contributed by atoms with E-state index < -0.39 is 0 Å². The van der Waals surface area contributed by atoms with E-state index in [1.807, 2.05) is 12.1 Å². The highest BCUT2D eigenvalue weighted by Crippen LogP contribution is 2.34. The molecule has 0 radical (unpaired) electrons. The standard InChI is InChI=1S/C16H25N3O/c1-10(2)9-19(11(3)4)15-8-14-12(7-13(15)17)5-6-16(20)18-14/h7-8,10-11H,5-6,9,17H2,1-4H3,(H,18,20). The average molecular weight is 275 g/mol. The maximum atomic E-state index is 11.5. The topological polar surface area (TPSA) is 58.4 Å². The molecule has 0 bridgehead atoms. The number of amides is 1. The van der Waals surface area contributed by atoms with Gasteiger partial charge in [-0.2, -0.15) is 0 Å². The van der Waals surface area contributed by atoms with E-state index in [0.29, 0.717) is 18.4 Å². The van der Waals surface area contributed by atoms with Crippen molar-refractivity contribution in [3.05, 3.63) is 17.7 Å². The maximum Gasteiger partial charge on any atom is 0.224 e. The van der Waals surface area contributed by atoms with Gasteiger partial charge in [0.15, 0.2) is 0 Å². The van der Waals surface area contributed by atoms with Gasteiger partial charge < -0.3 is 16.0 Å². The first-order valence-corrected chi connectivity index (χ1v) is 7.37. The highest BCUT2D eigenvalue weighted by Gasteiger charge is 2.20. The van der Waals surface area contributed by atoms with Gasteiger partial charge in [-0.3, -0.25) is 4.79 Å². The summed E-state index contributed by atoms with van der Waals surface area (Å²) in [6.07, 6.45) is 1.32. The van der Waals surface area contributed by atoms with E-state index in [4.69, 9.17) is 5.73 Å². The maximum absolute atomic E-state index is 11.5. The number of fused-ring (bicyclic) bond motifs is 1. The van der Waals surface area contributed by atoms with Gasteiger partial charge in [0.2, 0.25) is 5.91 Å². The number of hydrogen-bond acceptors (Lipinski definition) is 3. The van der Waals surface area contributed by atoms with Crippen LogP contribution in [0.15, 0.2) is 12.1 Å². The number of nitrogens with zero attached hydrogens (tertiary/aromatic N) is 1. The van der Waals surface area contributed by atoms with Gasteiger partial charge in [-0.1, -0.05) is 13.8 Å². The van der Waals surface area contributed by atoms with Crippen molar-refractivity contribution in [2.45, 2.75) is 46.6 Å². The Hall–Kier alpha value is -1.71. The minimum Gasteiger partial charge on any atom is -0.397 e. The van der Waals surface area contributed by atoms with E-state index in [-0.39, 0.29) is 5.91 Å².